The molecule has 35 heavy (non-hydrogen) atoms. The van der Waals surface area contributed by atoms with Crippen LogP contribution in [0.4, 0.5) is 13.2 Å². The number of hydrogen-bond donors (Lipinski definition) is 0. The number of fused-ring (bicyclic) bond motifs is 1. The van der Waals surface area contributed by atoms with E-state index in [1.54, 1.807) is 24.3 Å². The summed E-state index contributed by atoms with van der Waals surface area (Å²) in [5.74, 6) is 2.30. The molecule has 182 valence electrons. The van der Waals surface area contributed by atoms with Crippen LogP contribution >= 0.6 is 50.9 Å². The Morgan fingerprint density at radius 2 is 1.86 bits per heavy atom. The summed E-state index contributed by atoms with van der Waals surface area (Å²) in [6.45, 7) is 0. The molecule has 1 fully saturated rings. The third-order valence-electron chi connectivity index (χ3n) is 6.30. The Balaban J connectivity index is 1.58. The molecule has 10 heteroatoms. The Labute approximate surface area is 222 Å². The fourth-order valence-corrected chi connectivity index (χ4v) is 6.37. The highest BCUT2D eigenvalue weighted by Crippen LogP contribution is 2.50. The first kappa shape index (κ1) is 24.9. The number of oxime groups is 1. The third kappa shape index (κ3) is 4.47. The molecule has 1 saturated heterocycles. The Bertz CT molecular complexity index is 1360. The standard InChI is InChI=1S/C25H17BrCl2F3NO2S/c26-20-3-1-2-18-17(4-5-19(23(18)20)22(33)6-13-11-35-12-13)21-10-24(34-32-21,25(29,30)31)14-7-15(27)9-16(28)8-14/h1-5,7-9,13H,6,10-12H2. The van der Waals surface area contributed by atoms with Crippen molar-refractivity contribution in [2.45, 2.75) is 24.6 Å². The minimum Gasteiger partial charge on any atom is -0.374 e. The van der Waals surface area contributed by atoms with Crippen molar-refractivity contribution in [3.63, 3.8) is 0 Å². The van der Waals surface area contributed by atoms with E-state index in [0.29, 0.717) is 38.7 Å². The summed E-state index contributed by atoms with van der Waals surface area (Å²) < 4.78 is 44.0. The number of carbonyl (C=O) groups is 1. The van der Waals surface area contributed by atoms with Crippen LogP contribution in [0.25, 0.3) is 10.8 Å². The number of hydrogen-bond acceptors (Lipinski definition) is 4. The Hall–Kier alpha value is -1.74. The summed E-state index contributed by atoms with van der Waals surface area (Å²) in [5.41, 5.74) is -1.83. The van der Waals surface area contributed by atoms with Gasteiger partial charge in [-0.2, -0.15) is 24.9 Å². The molecule has 0 aromatic heterocycles. The average molecular weight is 603 g/mol. The molecule has 3 aromatic carbocycles. The van der Waals surface area contributed by atoms with Gasteiger partial charge in [-0.25, -0.2) is 0 Å². The van der Waals surface area contributed by atoms with Crippen molar-refractivity contribution in [3.8, 4) is 0 Å². The van der Waals surface area contributed by atoms with Crippen molar-refractivity contribution in [3.05, 3.63) is 79.7 Å². The predicted octanol–water partition coefficient (Wildman–Crippen LogP) is 8.43. The average Bonchev–Trinajstić information content (AvgIpc) is 3.22. The van der Waals surface area contributed by atoms with Crippen molar-refractivity contribution in [2.75, 3.05) is 11.5 Å². The quantitative estimate of drug-likeness (QED) is 0.275. The summed E-state index contributed by atoms with van der Waals surface area (Å²) in [7, 11) is 0. The smallest absolute Gasteiger partial charge is 0.374 e. The van der Waals surface area contributed by atoms with Crippen LogP contribution in [-0.2, 0) is 10.4 Å². The Kier molecular flexibility index (Phi) is 6.62. The van der Waals surface area contributed by atoms with Crippen LogP contribution in [0.5, 0.6) is 0 Å². The number of benzene rings is 3. The molecule has 2 heterocycles. The lowest BCUT2D eigenvalue weighted by Crippen LogP contribution is -2.42. The van der Waals surface area contributed by atoms with E-state index in [1.165, 1.54) is 18.2 Å². The Morgan fingerprint density at radius 1 is 1.14 bits per heavy atom. The van der Waals surface area contributed by atoms with Gasteiger partial charge in [-0.15, -0.1) is 0 Å². The van der Waals surface area contributed by atoms with Crippen molar-refractivity contribution < 1.29 is 22.8 Å². The van der Waals surface area contributed by atoms with Crippen molar-refractivity contribution >= 4 is 73.2 Å². The van der Waals surface area contributed by atoms with Gasteiger partial charge in [-0.05, 0) is 47.1 Å². The first-order valence-electron chi connectivity index (χ1n) is 10.7. The van der Waals surface area contributed by atoms with Crippen LogP contribution in [-0.4, -0.2) is 29.2 Å². The van der Waals surface area contributed by atoms with E-state index in [-0.39, 0.29) is 27.1 Å². The lowest BCUT2D eigenvalue weighted by Gasteiger charge is -2.29. The fourth-order valence-electron chi connectivity index (χ4n) is 4.46. The van der Waals surface area contributed by atoms with Crippen molar-refractivity contribution in [1.82, 2.24) is 0 Å². The number of nitrogens with zero attached hydrogens (tertiary/aromatic N) is 1. The number of Topliss-reactive ketones (excluding diaryl/α,β-unsaturated/α-hetero) is 1. The van der Waals surface area contributed by atoms with Gasteiger partial charge in [0.25, 0.3) is 5.60 Å². The van der Waals surface area contributed by atoms with E-state index in [9.17, 15) is 18.0 Å². The molecule has 0 aliphatic carbocycles. The van der Waals surface area contributed by atoms with Gasteiger partial charge in [-0.1, -0.05) is 68.6 Å². The molecule has 0 radical (unpaired) electrons. The molecule has 3 nitrogen and oxygen atoms in total. The van der Waals surface area contributed by atoms with Crippen LogP contribution in [0.15, 0.2) is 58.2 Å². The van der Waals surface area contributed by atoms with E-state index >= 15 is 0 Å². The van der Waals surface area contributed by atoms with Crippen molar-refractivity contribution in [1.29, 1.82) is 0 Å². The summed E-state index contributed by atoms with van der Waals surface area (Å²) in [6.07, 6.45) is -4.92. The van der Waals surface area contributed by atoms with Crippen LogP contribution in [0.3, 0.4) is 0 Å². The fraction of sp³-hybridized carbons (Fsp3) is 0.280. The van der Waals surface area contributed by atoms with Gasteiger partial charge in [0, 0.05) is 49.4 Å². The van der Waals surface area contributed by atoms with Crippen molar-refractivity contribution in [2.24, 2.45) is 11.1 Å². The van der Waals surface area contributed by atoms with Crippen LogP contribution in [0.1, 0.15) is 34.3 Å². The van der Waals surface area contributed by atoms with Gasteiger partial charge >= 0.3 is 6.18 Å². The molecular formula is C25H17BrCl2F3NO2S. The monoisotopic (exact) mass is 601 g/mol. The molecule has 2 aliphatic rings. The second-order valence-electron chi connectivity index (χ2n) is 8.64. The van der Waals surface area contributed by atoms with Gasteiger partial charge in [0.15, 0.2) is 5.78 Å². The molecule has 1 atom stereocenters. The first-order valence-corrected chi connectivity index (χ1v) is 13.4. The van der Waals surface area contributed by atoms with Gasteiger partial charge in [-0.3, -0.25) is 4.79 Å². The normalized spacial score (nSPS) is 20.5. The summed E-state index contributed by atoms with van der Waals surface area (Å²) >= 11 is 17.3. The van der Waals surface area contributed by atoms with E-state index < -0.39 is 18.2 Å². The zero-order valence-electron chi connectivity index (χ0n) is 18.0. The van der Waals surface area contributed by atoms with E-state index in [0.717, 1.165) is 11.5 Å². The predicted molar refractivity (Wildman–Crippen MR) is 138 cm³/mol. The molecule has 1 unspecified atom stereocenters. The molecule has 0 bridgehead atoms. The molecule has 0 N–H and O–H groups in total. The lowest BCUT2D eigenvalue weighted by atomic mass is 9.85. The topological polar surface area (TPSA) is 38.7 Å². The van der Waals surface area contributed by atoms with E-state index in [2.05, 4.69) is 21.1 Å². The molecule has 2 aliphatic heterocycles. The molecule has 5 rings (SSSR count). The number of rotatable bonds is 5. The largest absolute Gasteiger partial charge is 0.435 e. The highest BCUT2D eigenvalue weighted by molar-refractivity contribution is 9.10. The molecule has 0 spiro atoms. The van der Waals surface area contributed by atoms with Gasteiger partial charge < -0.3 is 4.84 Å². The minimum atomic E-state index is -4.79. The lowest BCUT2D eigenvalue weighted by molar-refractivity contribution is -0.275. The summed E-state index contributed by atoms with van der Waals surface area (Å²) in [4.78, 5) is 18.2. The zero-order chi connectivity index (χ0) is 25.0. The number of alkyl halides is 3. The third-order valence-corrected chi connectivity index (χ3v) is 8.81. The number of halogens is 6. The molecule has 3 aromatic rings. The maximum absolute atomic E-state index is 14.4. The van der Waals surface area contributed by atoms with Crippen LogP contribution < -0.4 is 0 Å². The minimum absolute atomic E-state index is 0.0153. The van der Waals surface area contributed by atoms with Gasteiger partial charge in [0.05, 0.1) is 5.71 Å². The number of thioether (sulfide) groups is 1. The maximum Gasteiger partial charge on any atom is 0.435 e. The summed E-state index contributed by atoms with van der Waals surface area (Å²) in [6, 6.07) is 12.4. The second-order valence-corrected chi connectivity index (χ2v) is 11.4. The molecular weight excluding hydrogens is 586 g/mol. The van der Waals surface area contributed by atoms with Gasteiger partial charge in [0.2, 0.25) is 0 Å². The summed E-state index contributed by atoms with van der Waals surface area (Å²) in [5, 5.41) is 5.30. The highest BCUT2D eigenvalue weighted by Gasteiger charge is 2.62. The molecule has 0 saturated carbocycles. The number of carbonyl (C=O) groups excluding carboxylic acids is 1. The highest BCUT2D eigenvalue weighted by atomic mass is 79.9. The van der Waals surface area contributed by atoms with Gasteiger partial charge in [0.1, 0.15) is 0 Å². The van der Waals surface area contributed by atoms with E-state index in [1.807, 2.05) is 17.8 Å². The van der Waals surface area contributed by atoms with E-state index in [4.69, 9.17) is 28.0 Å². The Morgan fingerprint density at radius 3 is 2.49 bits per heavy atom. The SMILES string of the molecule is O=C(CC1CSC1)c1ccc(C2=NOC(c3cc(Cl)cc(Cl)c3)(C(F)(F)F)C2)c2cccc(Br)c12. The van der Waals surface area contributed by atoms with Crippen LogP contribution in [0.2, 0.25) is 10.0 Å². The first-order chi connectivity index (χ1) is 16.6. The second kappa shape index (κ2) is 9.29. The maximum atomic E-state index is 14.4. The molecule has 0 amide bonds. The number of ketones is 1. The van der Waals surface area contributed by atoms with Crippen LogP contribution in [0, 0.1) is 5.92 Å². The zero-order valence-corrected chi connectivity index (χ0v) is 21.9.